The van der Waals surface area contributed by atoms with Crippen LogP contribution in [0.4, 0.5) is 8.78 Å². The molecule has 6 nitrogen and oxygen atoms in total. The molecule has 5 unspecified atom stereocenters. The first-order valence-electron chi connectivity index (χ1n) is 11.4. The molecule has 36 heavy (non-hydrogen) atoms. The number of alkyl halides is 2. The summed E-state index contributed by atoms with van der Waals surface area (Å²) < 4.78 is 39.0. The first kappa shape index (κ1) is 25.4. The minimum absolute atomic E-state index is 0.00762. The number of nitrogens with zero attached hydrogens (tertiary/aromatic N) is 1. The smallest absolute Gasteiger partial charge is 0.250 e. The van der Waals surface area contributed by atoms with Gasteiger partial charge in [0.15, 0.2) is 11.2 Å². The van der Waals surface area contributed by atoms with Gasteiger partial charge >= 0.3 is 0 Å². The summed E-state index contributed by atoms with van der Waals surface area (Å²) >= 11 is 9.68. The Morgan fingerprint density at radius 1 is 1.19 bits per heavy atom. The molecule has 0 saturated heterocycles. The SMILES string of the molecule is COc1nc(Cl)cc2c1C1(O)C(O)C(CNCC(F)F)C(c3ccccc3)C1(c1ccc(Br)cc1)O2. The Labute approximate surface area is 220 Å². The fourth-order valence-electron chi connectivity index (χ4n) is 5.84. The van der Waals surface area contributed by atoms with Crippen molar-refractivity contribution in [2.45, 2.75) is 29.6 Å². The number of ether oxygens (including phenoxy) is 2. The van der Waals surface area contributed by atoms with E-state index < -0.39 is 42.1 Å². The van der Waals surface area contributed by atoms with Crippen LogP contribution in [0.15, 0.2) is 65.1 Å². The number of fused-ring (bicyclic) bond motifs is 3. The molecule has 3 N–H and O–H groups in total. The normalized spacial score (nSPS) is 28.6. The summed E-state index contributed by atoms with van der Waals surface area (Å²) in [5, 5.41) is 27.3. The predicted molar refractivity (Wildman–Crippen MR) is 134 cm³/mol. The number of hydrogen-bond acceptors (Lipinski definition) is 6. The minimum Gasteiger partial charge on any atom is -0.481 e. The number of halogens is 4. The Morgan fingerprint density at radius 2 is 1.89 bits per heavy atom. The topological polar surface area (TPSA) is 83.8 Å². The Bertz CT molecular complexity index is 1250. The fraction of sp³-hybridized carbons (Fsp3) is 0.346. The predicted octanol–water partition coefficient (Wildman–Crippen LogP) is 4.61. The molecule has 1 aromatic heterocycles. The molecule has 0 amide bonds. The summed E-state index contributed by atoms with van der Waals surface area (Å²) in [6.07, 6.45) is -4.00. The van der Waals surface area contributed by atoms with Gasteiger partial charge in [-0.3, -0.25) is 0 Å². The summed E-state index contributed by atoms with van der Waals surface area (Å²) in [6.45, 7) is -0.542. The number of pyridine rings is 1. The highest BCUT2D eigenvalue weighted by Gasteiger charge is 2.76. The molecular formula is C26H24BrClF2N2O4. The van der Waals surface area contributed by atoms with E-state index in [2.05, 4.69) is 26.2 Å². The zero-order chi connectivity index (χ0) is 25.7. The lowest BCUT2D eigenvalue weighted by Crippen LogP contribution is -2.52. The van der Waals surface area contributed by atoms with Crippen LogP contribution in [0.2, 0.25) is 5.15 Å². The number of methoxy groups -OCH3 is 1. The molecule has 0 spiro atoms. The van der Waals surface area contributed by atoms with Crippen LogP contribution in [-0.4, -0.2) is 47.9 Å². The number of rotatable bonds is 7. The van der Waals surface area contributed by atoms with Crippen LogP contribution >= 0.6 is 27.5 Å². The fourth-order valence-corrected chi connectivity index (χ4v) is 6.28. The van der Waals surface area contributed by atoms with Crippen molar-refractivity contribution < 1.29 is 28.5 Å². The molecule has 3 aromatic rings. The number of aliphatic hydroxyl groups is 2. The highest BCUT2D eigenvalue weighted by atomic mass is 79.9. The quantitative estimate of drug-likeness (QED) is 0.354. The minimum atomic E-state index is -2.56. The van der Waals surface area contributed by atoms with Crippen molar-refractivity contribution in [3.63, 3.8) is 0 Å². The van der Waals surface area contributed by atoms with Gasteiger partial charge in [0.25, 0.3) is 6.43 Å². The molecule has 1 aliphatic heterocycles. The summed E-state index contributed by atoms with van der Waals surface area (Å²) in [4.78, 5) is 4.22. The lowest BCUT2D eigenvalue weighted by atomic mass is 9.71. The van der Waals surface area contributed by atoms with E-state index in [0.29, 0.717) is 5.56 Å². The molecule has 0 radical (unpaired) electrons. The monoisotopic (exact) mass is 580 g/mol. The van der Waals surface area contributed by atoms with Gasteiger partial charge in [0.2, 0.25) is 5.88 Å². The van der Waals surface area contributed by atoms with Crippen molar-refractivity contribution in [3.8, 4) is 11.6 Å². The van der Waals surface area contributed by atoms with Crippen LogP contribution in [0.5, 0.6) is 11.6 Å². The van der Waals surface area contributed by atoms with Gasteiger partial charge in [0, 0.05) is 28.9 Å². The van der Waals surface area contributed by atoms with Crippen molar-refractivity contribution in [2.75, 3.05) is 20.2 Å². The van der Waals surface area contributed by atoms with Crippen LogP contribution in [0.3, 0.4) is 0 Å². The second-order valence-electron chi connectivity index (χ2n) is 8.98. The lowest BCUT2D eigenvalue weighted by Gasteiger charge is -2.41. The zero-order valence-electron chi connectivity index (χ0n) is 19.2. The lowest BCUT2D eigenvalue weighted by molar-refractivity contribution is -0.152. The molecule has 2 heterocycles. The summed E-state index contributed by atoms with van der Waals surface area (Å²) in [5.74, 6) is -1.11. The molecule has 1 aliphatic carbocycles. The average molecular weight is 582 g/mol. The van der Waals surface area contributed by atoms with Crippen molar-refractivity contribution >= 4 is 27.5 Å². The molecular weight excluding hydrogens is 558 g/mol. The standard InChI is InChI=1S/C26H24BrClF2N2O4/c1-35-24-22-18(11-19(28)32-24)36-26(15-7-9-16(27)10-8-15)21(14-5-3-2-4-6-14)17(12-31-13-20(29)30)23(33)25(22,26)34/h2-11,17,20-21,23,31,33-34H,12-13H2,1H3. The number of benzene rings is 2. The summed E-state index contributed by atoms with van der Waals surface area (Å²) in [5.41, 5.74) is -2.07. The first-order valence-corrected chi connectivity index (χ1v) is 12.6. The van der Waals surface area contributed by atoms with Gasteiger partial charge in [-0.25, -0.2) is 13.8 Å². The van der Waals surface area contributed by atoms with Gasteiger partial charge in [0.05, 0.1) is 25.3 Å². The van der Waals surface area contributed by atoms with E-state index in [1.54, 1.807) is 12.1 Å². The van der Waals surface area contributed by atoms with Gasteiger partial charge < -0.3 is 25.0 Å². The van der Waals surface area contributed by atoms with Gasteiger partial charge in [-0.05, 0) is 23.3 Å². The van der Waals surface area contributed by atoms with Crippen LogP contribution in [-0.2, 0) is 11.2 Å². The molecule has 2 aliphatic rings. The van der Waals surface area contributed by atoms with Crippen molar-refractivity contribution in [2.24, 2.45) is 5.92 Å². The molecule has 190 valence electrons. The molecule has 10 heteroatoms. The van der Waals surface area contributed by atoms with E-state index in [1.165, 1.54) is 13.2 Å². The van der Waals surface area contributed by atoms with E-state index >= 15 is 0 Å². The number of aromatic nitrogens is 1. The summed E-state index contributed by atoms with van der Waals surface area (Å²) in [7, 11) is 1.39. The second-order valence-corrected chi connectivity index (χ2v) is 10.3. The molecule has 1 fully saturated rings. The first-order chi connectivity index (χ1) is 17.2. The van der Waals surface area contributed by atoms with Gasteiger partial charge in [0.1, 0.15) is 10.9 Å². The molecule has 5 rings (SSSR count). The molecule has 0 bridgehead atoms. The van der Waals surface area contributed by atoms with Crippen molar-refractivity contribution in [1.82, 2.24) is 10.3 Å². The van der Waals surface area contributed by atoms with Crippen molar-refractivity contribution in [3.05, 3.63) is 87.0 Å². The van der Waals surface area contributed by atoms with E-state index in [1.807, 2.05) is 42.5 Å². The largest absolute Gasteiger partial charge is 0.481 e. The Kier molecular flexibility index (Phi) is 6.72. The third-order valence-electron chi connectivity index (χ3n) is 7.14. The molecule has 2 aromatic carbocycles. The van der Waals surface area contributed by atoms with Crippen LogP contribution in [0.1, 0.15) is 22.6 Å². The van der Waals surface area contributed by atoms with Gasteiger partial charge in [-0.2, -0.15) is 0 Å². The third-order valence-corrected chi connectivity index (χ3v) is 7.86. The van der Waals surface area contributed by atoms with Gasteiger partial charge in [-0.1, -0.05) is 70.0 Å². The molecule has 1 saturated carbocycles. The second kappa shape index (κ2) is 9.54. The van der Waals surface area contributed by atoms with E-state index in [0.717, 1.165) is 10.0 Å². The highest BCUT2D eigenvalue weighted by Crippen LogP contribution is 2.69. The maximum Gasteiger partial charge on any atom is 0.250 e. The number of nitrogens with one attached hydrogen (secondary N) is 1. The maximum absolute atomic E-state index is 13.0. The summed E-state index contributed by atoms with van der Waals surface area (Å²) in [6, 6.07) is 18.0. The number of aliphatic hydroxyl groups excluding tert-OH is 1. The Hall–Kier alpha value is -2.30. The third kappa shape index (κ3) is 3.71. The average Bonchev–Trinajstić information content (AvgIpc) is 3.22. The van der Waals surface area contributed by atoms with E-state index in [-0.39, 0.29) is 28.9 Å². The molecule has 5 atom stereocenters. The Morgan fingerprint density at radius 3 is 2.53 bits per heavy atom. The van der Waals surface area contributed by atoms with Gasteiger partial charge in [-0.15, -0.1) is 0 Å². The zero-order valence-corrected chi connectivity index (χ0v) is 21.5. The van der Waals surface area contributed by atoms with Crippen LogP contribution in [0, 0.1) is 5.92 Å². The maximum atomic E-state index is 13.0. The van der Waals surface area contributed by atoms with E-state index in [4.69, 9.17) is 21.1 Å². The van der Waals surface area contributed by atoms with E-state index in [9.17, 15) is 19.0 Å². The van der Waals surface area contributed by atoms with Crippen LogP contribution < -0.4 is 14.8 Å². The number of hydrogen-bond donors (Lipinski definition) is 3. The van der Waals surface area contributed by atoms with Crippen molar-refractivity contribution in [1.29, 1.82) is 0 Å². The Balaban J connectivity index is 1.79. The van der Waals surface area contributed by atoms with Crippen LogP contribution in [0.25, 0.3) is 0 Å². The highest BCUT2D eigenvalue weighted by molar-refractivity contribution is 9.10.